The van der Waals surface area contributed by atoms with Gasteiger partial charge >= 0.3 is 5.97 Å². The van der Waals surface area contributed by atoms with Gasteiger partial charge in [0.1, 0.15) is 0 Å². The highest BCUT2D eigenvalue weighted by molar-refractivity contribution is 5.96. The zero-order chi connectivity index (χ0) is 28.0. The van der Waals surface area contributed by atoms with Gasteiger partial charge in [0.15, 0.2) is 0 Å². The normalized spacial score (nSPS) is 13.4. The molecule has 0 atom stereocenters. The molecule has 8 bridgehead atoms. The highest BCUT2D eigenvalue weighted by Gasteiger charge is 2.21. The van der Waals surface area contributed by atoms with E-state index in [9.17, 15) is 9.90 Å². The summed E-state index contributed by atoms with van der Waals surface area (Å²) < 4.78 is 0. The number of fused-ring (bicyclic) bond motifs is 8. The molecule has 0 saturated carbocycles. The van der Waals surface area contributed by atoms with Gasteiger partial charge < -0.3 is 15.1 Å². The summed E-state index contributed by atoms with van der Waals surface area (Å²) in [4.78, 5) is 28.8. The molecule has 3 aromatic rings. The molecule has 5 rings (SSSR count). The lowest BCUT2D eigenvalue weighted by molar-refractivity contribution is -0.136. The lowest BCUT2D eigenvalue weighted by atomic mass is 9.99. The molecule has 3 N–H and O–H groups in total. The maximum Gasteiger partial charge on any atom is 0.303 e. The molecule has 2 aliphatic heterocycles. The Balaban J connectivity index is 1.95. The standard InChI is InChI=1S/C33H36N4O2/c1-8-21-17(4)25-13-26-18(5)23(10-3)31(35-26)16-32-24(11-12-33(38)39)20(7)28(37-32)15-30-22(9-2)19(6)27(36-30)14-29(21)34-25/h8,13-16,34-35H,1,9-12H2,2-7H3,(H,38,39). The van der Waals surface area contributed by atoms with Crippen LogP contribution in [-0.2, 0) is 11.2 Å². The predicted molar refractivity (Wildman–Crippen MR) is 162 cm³/mol. The lowest BCUT2D eigenvalue weighted by Crippen LogP contribution is -1.95. The second kappa shape index (κ2) is 10.2. The SMILES string of the molecule is C=Cc1c(C)c2cc3[nH]c(cc4nc(cc5nc(cc1[nH]2)C(C)=C5CC)C(C)=C4CCC(=O)O)c(CC)c3C. The fraction of sp³-hybridized carbons (Fsp3) is 0.303. The topological polar surface area (TPSA) is 94.7 Å². The van der Waals surface area contributed by atoms with Gasteiger partial charge in [-0.15, -0.1) is 0 Å². The van der Waals surface area contributed by atoms with E-state index in [1.807, 2.05) is 13.0 Å². The first-order valence-electron chi connectivity index (χ1n) is 13.7. The molecule has 0 aromatic carbocycles. The van der Waals surface area contributed by atoms with Crippen LogP contribution in [0.5, 0.6) is 0 Å². The molecular weight excluding hydrogens is 484 g/mol. The largest absolute Gasteiger partial charge is 0.481 e. The van der Waals surface area contributed by atoms with Crippen LogP contribution in [0.2, 0.25) is 0 Å². The van der Waals surface area contributed by atoms with Crippen molar-refractivity contribution in [3.8, 4) is 0 Å². The van der Waals surface area contributed by atoms with Gasteiger partial charge in [-0.1, -0.05) is 26.5 Å². The third-order valence-electron chi connectivity index (χ3n) is 8.22. The van der Waals surface area contributed by atoms with Crippen LogP contribution in [0.1, 0.15) is 92.0 Å². The van der Waals surface area contributed by atoms with E-state index in [4.69, 9.17) is 9.97 Å². The Morgan fingerprint density at radius 1 is 0.795 bits per heavy atom. The number of carbonyl (C=O) groups is 1. The number of aromatic amines is 2. The molecule has 0 fully saturated rings. The fourth-order valence-electron chi connectivity index (χ4n) is 5.89. The number of aromatic nitrogens is 4. The van der Waals surface area contributed by atoms with Crippen molar-refractivity contribution in [3.05, 3.63) is 75.9 Å². The van der Waals surface area contributed by atoms with E-state index >= 15 is 0 Å². The second-order valence-corrected chi connectivity index (χ2v) is 10.4. The van der Waals surface area contributed by atoms with Crippen LogP contribution in [0, 0.1) is 13.8 Å². The third kappa shape index (κ3) is 4.54. The molecule has 6 nitrogen and oxygen atoms in total. The van der Waals surface area contributed by atoms with E-state index in [-0.39, 0.29) is 6.42 Å². The number of aliphatic carboxylic acids is 1. The number of nitrogens with zero attached hydrogens (tertiary/aromatic N) is 2. The number of hydrogen-bond acceptors (Lipinski definition) is 3. The smallest absolute Gasteiger partial charge is 0.303 e. The van der Waals surface area contributed by atoms with E-state index in [1.165, 1.54) is 16.7 Å². The first kappa shape index (κ1) is 26.4. The Morgan fingerprint density at radius 2 is 1.38 bits per heavy atom. The van der Waals surface area contributed by atoms with E-state index in [0.29, 0.717) is 6.42 Å². The zero-order valence-corrected chi connectivity index (χ0v) is 23.7. The van der Waals surface area contributed by atoms with Crippen LogP contribution < -0.4 is 0 Å². The Hall–Kier alpha value is -4.19. The average molecular weight is 521 g/mol. The molecule has 5 heterocycles. The van der Waals surface area contributed by atoms with E-state index in [0.717, 1.165) is 85.5 Å². The first-order chi connectivity index (χ1) is 18.7. The van der Waals surface area contributed by atoms with Crippen molar-refractivity contribution in [2.75, 3.05) is 0 Å². The quantitative estimate of drug-likeness (QED) is 0.305. The van der Waals surface area contributed by atoms with Gasteiger partial charge in [0.2, 0.25) is 0 Å². The second-order valence-electron chi connectivity index (χ2n) is 10.4. The van der Waals surface area contributed by atoms with Crippen molar-refractivity contribution in [2.45, 2.75) is 67.2 Å². The number of aryl methyl sites for hydroxylation is 3. The van der Waals surface area contributed by atoms with Gasteiger partial charge in [-0.3, -0.25) is 4.79 Å². The van der Waals surface area contributed by atoms with Crippen molar-refractivity contribution in [1.29, 1.82) is 0 Å². The van der Waals surface area contributed by atoms with E-state index in [2.05, 4.69) is 75.4 Å². The van der Waals surface area contributed by atoms with Crippen LogP contribution in [0.15, 0.2) is 30.8 Å². The van der Waals surface area contributed by atoms with Crippen molar-refractivity contribution in [2.24, 2.45) is 0 Å². The molecule has 6 heteroatoms. The molecule has 2 aliphatic rings. The van der Waals surface area contributed by atoms with Gasteiger partial charge in [0, 0.05) is 34.1 Å². The van der Waals surface area contributed by atoms with Crippen molar-refractivity contribution >= 4 is 56.4 Å². The molecule has 0 spiro atoms. The Morgan fingerprint density at radius 3 is 2.03 bits per heavy atom. The Bertz CT molecular complexity index is 1760. The summed E-state index contributed by atoms with van der Waals surface area (Å²) in [6.45, 7) is 16.8. The highest BCUT2D eigenvalue weighted by Crippen LogP contribution is 2.37. The molecule has 0 aliphatic carbocycles. The minimum atomic E-state index is -0.812. The number of H-pyrrole nitrogens is 2. The number of nitrogens with one attached hydrogen (secondary N) is 2. The molecule has 3 aromatic heterocycles. The summed E-state index contributed by atoms with van der Waals surface area (Å²) >= 11 is 0. The van der Waals surface area contributed by atoms with Gasteiger partial charge in [-0.05, 0) is 110 Å². The molecule has 0 saturated heterocycles. The fourth-order valence-corrected chi connectivity index (χ4v) is 5.89. The van der Waals surface area contributed by atoms with Gasteiger partial charge in [-0.25, -0.2) is 9.97 Å². The van der Waals surface area contributed by atoms with Gasteiger partial charge in [0.25, 0.3) is 0 Å². The van der Waals surface area contributed by atoms with Crippen LogP contribution >= 0.6 is 0 Å². The third-order valence-corrected chi connectivity index (χ3v) is 8.22. The summed E-state index contributed by atoms with van der Waals surface area (Å²) in [6.07, 6.45) is 4.11. The van der Waals surface area contributed by atoms with E-state index < -0.39 is 5.97 Å². The number of carboxylic acids is 1. The number of rotatable bonds is 6. The minimum Gasteiger partial charge on any atom is -0.481 e. The number of hydrogen-bond donors (Lipinski definition) is 3. The van der Waals surface area contributed by atoms with Crippen molar-refractivity contribution < 1.29 is 9.90 Å². The lowest BCUT2D eigenvalue weighted by Gasteiger charge is -2.03. The summed E-state index contributed by atoms with van der Waals surface area (Å²) in [5.74, 6) is -0.812. The average Bonchev–Trinajstić information content (AvgIpc) is 3.55. The molecule has 0 radical (unpaired) electrons. The van der Waals surface area contributed by atoms with E-state index in [1.54, 1.807) is 0 Å². The van der Waals surface area contributed by atoms with Crippen LogP contribution in [0.25, 0.3) is 50.4 Å². The predicted octanol–water partition coefficient (Wildman–Crippen LogP) is 8.27. The number of carboxylic acid groups (broad SMARTS) is 1. The monoisotopic (exact) mass is 520 g/mol. The molecule has 0 unspecified atom stereocenters. The zero-order valence-electron chi connectivity index (χ0n) is 23.7. The molecular formula is C33H36N4O2. The van der Waals surface area contributed by atoms with Crippen molar-refractivity contribution in [1.82, 2.24) is 19.9 Å². The van der Waals surface area contributed by atoms with Gasteiger partial charge in [-0.2, -0.15) is 0 Å². The number of allylic oxidation sites excluding steroid dienone is 4. The van der Waals surface area contributed by atoms with Crippen molar-refractivity contribution in [3.63, 3.8) is 0 Å². The molecule has 39 heavy (non-hydrogen) atoms. The van der Waals surface area contributed by atoms with Crippen LogP contribution in [0.4, 0.5) is 0 Å². The van der Waals surface area contributed by atoms with Crippen LogP contribution in [0.3, 0.4) is 0 Å². The molecule has 0 amide bonds. The first-order valence-corrected chi connectivity index (χ1v) is 13.7. The maximum atomic E-state index is 11.5. The summed E-state index contributed by atoms with van der Waals surface area (Å²) in [5, 5.41) is 9.43. The molecule has 200 valence electrons. The Labute approximate surface area is 229 Å². The maximum absolute atomic E-state index is 11.5. The highest BCUT2D eigenvalue weighted by atomic mass is 16.4. The van der Waals surface area contributed by atoms with Gasteiger partial charge in [0.05, 0.1) is 22.8 Å². The minimum absolute atomic E-state index is 0.0587. The summed E-state index contributed by atoms with van der Waals surface area (Å²) in [6, 6.07) is 8.43. The Kier molecular flexibility index (Phi) is 6.89. The van der Waals surface area contributed by atoms with Crippen LogP contribution in [-0.4, -0.2) is 31.0 Å². The summed E-state index contributed by atoms with van der Waals surface area (Å²) in [7, 11) is 0. The summed E-state index contributed by atoms with van der Waals surface area (Å²) in [5.41, 5.74) is 16.5.